The van der Waals surface area contributed by atoms with Crippen molar-refractivity contribution in [2.45, 2.75) is 44.8 Å². The van der Waals surface area contributed by atoms with Crippen molar-refractivity contribution in [3.63, 3.8) is 0 Å². The number of hydrogen-bond donors (Lipinski definition) is 1. The van der Waals surface area contributed by atoms with Crippen molar-refractivity contribution in [1.29, 1.82) is 0 Å². The molecule has 0 unspecified atom stereocenters. The Hall–Kier alpha value is -1.09. The second kappa shape index (κ2) is 4.62. The van der Waals surface area contributed by atoms with Gasteiger partial charge in [-0.3, -0.25) is 0 Å². The van der Waals surface area contributed by atoms with Gasteiger partial charge in [0.25, 0.3) is 0 Å². The molecule has 0 saturated heterocycles. The first-order valence-electron chi connectivity index (χ1n) is 5.52. The van der Waals surface area contributed by atoms with Crippen LogP contribution in [0.3, 0.4) is 0 Å². The molecular formula is C12H17NO2. The van der Waals surface area contributed by atoms with Gasteiger partial charge < -0.3 is 9.84 Å². The highest BCUT2D eigenvalue weighted by Crippen LogP contribution is 2.24. The van der Waals surface area contributed by atoms with Crippen LogP contribution in [0.5, 0.6) is 5.88 Å². The second-order valence-corrected chi connectivity index (χ2v) is 4.17. The number of aliphatic hydroxyl groups excluding tert-OH is 1. The highest BCUT2D eigenvalue weighted by atomic mass is 16.5. The summed E-state index contributed by atoms with van der Waals surface area (Å²) in [7, 11) is 0. The van der Waals surface area contributed by atoms with Crippen LogP contribution in [0.1, 0.15) is 31.2 Å². The third-order valence-electron chi connectivity index (χ3n) is 2.88. The molecule has 3 nitrogen and oxygen atoms in total. The highest BCUT2D eigenvalue weighted by molar-refractivity contribution is 5.23. The fraction of sp³-hybridized carbons (Fsp3) is 0.583. The molecule has 0 radical (unpaired) electrons. The lowest BCUT2D eigenvalue weighted by molar-refractivity contribution is 0.0640. The minimum atomic E-state index is -0.130. The number of aliphatic hydroxyl groups is 1. The minimum absolute atomic E-state index is 0.130. The Bertz CT molecular complexity index is 319. The predicted molar refractivity (Wildman–Crippen MR) is 57.9 cm³/mol. The zero-order valence-electron chi connectivity index (χ0n) is 9.02. The van der Waals surface area contributed by atoms with E-state index in [0.29, 0.717) is 0 Å². The number of aromatic nitrogens is 1. The van der Waals surface area contributed by atoms with Crippen LogP contribution in [0.2, 0.25) is 0 Å². The van der Waals surface area contributed by atoms with Gasteiger partial charge in [-0.05, 0) is 38.7 Å². The lowest BCUT2D eigenvalue weighted by Crippen LogP contribution is -2.26. The Kier molecular flexibility index (Phi) is 3.21. The summed E-state index contributed by atoms with van der Waals surface area (Å²) >= 11 is 0. The van der Waals surface area contributed by atoms with Crippen molar-refractivity contribution in [1.82, 2.24) is 4.98 Å². The largest absolute Gasteiger partial charge is 0.474 e. The maximum atomic E-state index is 9.38. The van der Waals surface area contributed by atoms with Crippen molar-refractivity contribution in [2.24, 2.45) is 0 Å². The molecule has 0 amide bonds. The van der Waals surface area contributed by atoms with Crippen LogP contribution in [0.15, 0.2) is 18.3 Å². The number of hydrogen-bond acceptors (Lipinski definition) is 3. The Morgan fingerprint density at radius 2 is 2.07 bits per heavy atom. The van der Waals surface area contributed by atoms with Gasteiger partial charge in [0, 0.05) is 11.8 Å². The third kappa shape index (κ3) is 2.69. The van der Waals surface area contributed by atoms with Crippen molar-refractivity contribution < 1.29 is 9.84 Å². The number of rotatable bonds is 2. The maximum absolute atomic E-state index is 9.38. The van der Waals surface area contributed by atoms with Crippen molar-refractivity contribution in [3.05, 3.63) is 23.9 Å². The molecule has 0 bridgehead atoms. The summed E-state index contributed by atoms with van der Waals surface area (Å²) in [5.74, 6) is 0.735. The Morgan fingerprint density at radius 3 is 2.73 bits per heavy atom. The zero-order valence-corrected chi connectivity index (χ0v) is 9.02. The van der Waals surface area contributed by atoms with E-state index in [0.717, 1.165) is 37.1 Å². The molecule has 1 aromatic heterocycles. The number of ether oxygens (including phenoxy) is 1. The normalized spacial score (nSPS) is 26.3. The number of aryl methyl sites for hydroxylation is 1. The van der Waals surface area contributed by atoms with Gasteiger partial charge in [0.05, 0.1) is 6.10 Å². The van der Waals surface area contributed by atoms with Crippen molar-refractivity contribution >= 4 is 0 Å². The molecular weight excluding hydrogens is 190 g/mol. The molecule has 0 aliphatic heterocycles. The Labute approximate surface area is 90.1 Å². The van der Waals surface area contributed by atoms with Gasteiger partial charge in [-0.25, -0.2) is 4.98 Å². The first kappa shape index (κ1) is 10.4. The number of nitrogens with zero attached hydrogens (tertiary/aromatic N) is 1. The molecule has 0 spiro atoms. The van der Waals surface area contributed by atoms with Gasteiger partial charge in [0.1, 0.15) is 6.10 Å². The van der Waals surface area contributed by atoms with E-state index in [1.54, 1.807) is 6.20 Å². The van der Waals surface area contributed by atoms with E-state index < -0.39 is 0 Å². The molecule has 1 heterocycles. The van der Waals surface area contributed by atoms with E-state index in [4.69, 9.17) is 4.74 Å². The lowest BCUT2D eigenvalue weighted by atomic mass is 9.95. The van der Waals surface area contributed by atoms with Crippen LogP contribution in [0.4, 0.5) is 0 Å². The van der Waals surface area contributed by atoms with Crippen molar-refractivity contribution in [3.8, 4) is 5.88 Å². The SMILES string of the molecule is Cc1cccnc1O[C@H]1CC[C@H](O)CC1. The molecule has 15 heavy (non-hydrogen) atoms. The lowest BCUT2D eigenvalue weighted by Gasteiger charge is -2.26. The van der Waals surface area contributed by atoms with Crippen LogP contribution in [-0.2, 0) is 0 Å². The van der Waals surface area contributed by atoms with Crippen LogP contribution < -0.4 is 4.74 Å². The predicted octanol–water partition coefficient (Wildman–Crippen LogP) is 2.07. The Balaban J connectivity index is 1.95. The quantitative estimate of drug-likeness (QED) is 0.807. The molecule has 0 atom stereocenters. The molecule has 2 rings (SSSR count). The maximum Gasteiger partial charge on any atom is 0.216 e. The summed E-state index contributed by atoms with van der Waals surface area (Å²) in [5, 5.41) is 9.38. The third-order valence-corrected chi connectivity index (χ3v) is 2.88. The fourth-order valence-corrected chi connectivity index (χ4v) is 1.92. The van der Waals surface area contributed by atoms with Gasteiger partial charge in [-0.1, -0.05) is 6.07 Å². The highest BCUT2D eigenvalue weighted by Gasteiger charge is 2.21. The van der Waals surface area contributed by atoms with E-state index in [-0.39, 0.29) is 12.2 Å². The molecule has 0 aromatic carbocycles. The van der Waals surface area contributed by atoms with E-state index in [1.807, 2.05) is 19.1 Å². The first-order chi connectivity index (χ1) is 7.25. The second-order valence-electron chi connectivity index (χ2n) is 4.17. The summed E-state index contributed by atoms with van der Waals surface area (Å²) in [4.78, 5) is 4.21. The van der Waals surface area contributed by atoms with E-state index in [1.165, 1.54) is 0 Å². The fourth-order valence-electron chi connectivity index (χ4n) is 1.92. The van der Waals surface area contributed by atoms with Crippen LogP contribution in [0, 0.1) is 6.92 Å². The average Bonchev–Trinajstić information content (AvgIpc) is 2.25. The molecule has 1 saturated carbocycles. The minimum Gasteiger partial charge on any atom is -0.474 e. The van der Waals surface area contributed by atoms with Gasteiger partial charge in [-0.2, -0.15) is 0 Å². The van der Waals surface area contributed by atoms with E-state index in [2.05, 4.69) is 4.98 Å². The molecule has 1 aliphatic carbocycles. The summed E-state index contributed by atoms with van der Waals surface area (Å²) in [6.07, 6.45) is 5.39. The molecule has 1 aliphatic rings. The van der Waals surface area contributed by atoms with Gasteiger partial charge in [0.15, 0.2) is 0 Å². The molecule has 1 fully saturated rings. The van der Waals surface area contributed by atoms with Crippen molar-refractivity contribution in [2.75, 3.05) is 0 Å². The van der Waals surface area contributed by atoms with Gasteiger partial charge in [-0.15, -0.1) is 0 Å². The Morgan fingerprint density at radius 1 is 1.33 bits per heavy atom. The summed E-state index contributed by atoms with van der Waals surface area (Å²) in [6, 6.07) is 3.91. The zero-order chi connectivity index (χ0) is 10.7. The average molecular weight is 207 g/mol. The monoisotopic (exact) mass is 207 g/mol. The van der Waals surface area contributed by atoms with Gasteiger partial charge in [0.2, 0.25) is 5.88 Å². The summed E-state index contributed by atoms with van der Waals surface area (Å²) in [5.41, 5.74) is 1.07. The first-order valence-corrected chi connectivity index (χ1v) is 5.52. The molecule has 3 heteroatoms. The standard InChI is InChI=1S/C12H17NO2/c1-9-3-2-8-13-12(9)15-11-6-4-10(14)5-7-11/h2-3,8,10-11,14H,4-7H2,1H3/t10-,11-. The van der Waals surface area contributed by atoms with Crippen LogP contribution >= 0.6 is 0 Å². The summed E-state index contributed by atoms with van der Waals surface area (Å²) < 4.78 is 5.81. The van der Waals surface area contributed by atoms with E-state index in [9.17, 15) is 5.11 Å². The summed E-state index contributed by atoms with van der Waals surface area (Å²) in [6.45, 7) is 2.00. The van der Waals surface area contributed by atoms with Gasteiger partial charge >= 0.3 is 0 Å². The topological polar surface area (TPSA) is 42.4 Å². The van der Waals surface area contributed by atoms with Crippen LogP contribution in [0.25, 0.3) is 0 Å². The van der Waals surface area contributed by atoms with E-state index >= 15 is 0 Å². The smallest absolute Gasteiger partial charge is 0.216 e. The van der Waals surface area contributed by atoms with Crippen LogP contribution in [-0.4, -0.2) is 22.3 Å². The molecule has 1 N–H and O–H groups in total. The number of pyridine rings is 1. The molecule has 1 aromatic rings. The molecule has 82 valence electrons.